The highest BCUT2D eigenvalue weighted by Crippen LogP contribution is 2.30. The highest BCUT2D eigenvalue weighted by molar-refractivity contribution is 7.93. The SMILES string of the molecule is CCN(CC)CCc1c[nH]c2ccc(NS(=O)(=O)c3cccc4c(Cl)cccc34)cc12. The van der Waals surface area contributed by atoms with E-state index in [4.69, 9.17) is 11.6 Å². The number of H-pyrrole nitrogens is 1. The van der Waals surface area contributed by atoms with Gasteiger partial charge in [0.25, 0.3) is 10.0 Å². The van der Waals surface area contributed by atoms with E-state index >= 15 is 0 Å². The van der Waals surface area contributed by atoms with E-state index in [0.29, 0.717) is 21.5 Å². The first-order valence-corrected chi connectivity index (χ1v) is 12.3. The molecule has 0 unspecified atom stereocenters. The van der Waals surface area contributed by atoms with Gasteiger partial charge in [-0.15, -0.1) is 0 Å². The molecular formula is C24H26ClN3O2S. The fraction of sp³-hybridized carbons (Fsp3) is 0.250. The summed E-state index contributed by atoms with van der Waals surface area (Å²) in [5, 5.41) is 2.88. The van der Waals surface area contributed by atoms with Crippen LogP contribution in [0.1, 0.15) is 19.4 Å². The summed E-state index contributed by atoms with van der Waals surface area (Å²) in [7, 11) is -3.78. The van der Waals surface area contributed by atoms with Gasteiger partial charge in [0.15, 0.2) is 0 Å². The lowest BCUT2D eigenvalue weighted by atomic mass is 10.1. The molecule has 5 nitrogen and oxygen atoms in total. The van der Waals surface area contributed by atoms with Crippen LogP contribution in [0.3, 0.4) is 0 Å². The number of fused-ring (bicyclic) bond motifs is 2. The van der Waals surface area contributed by atoms with Crippen molar-refractivity contribution in [2.24, 2.45) is 0 Å². The van der Waals surface area contributed by atoms with Gasteiger partial charge in [-0.3, -0.25) is 4.72 Å². The summed E-state index contributed by atoms with van der Waals surface area (Å²) in [5.74, 6) is 0. The Morgan fingerprint density at radius 2 is 1.71 bits per heavy atom. The van der Waals surface area contributed by atoms with Crippen molar-refractivity contribution in [2.45, 2.75) is 25.2 Å². The van der Waals surface area contributed by atoms with Gasteiger partial charge in [0.05, 0.1) is 4.90 Å². The van der Waals surface area contributed by atoms with E-state index in [2.05, 4.69) is 28.5 Å². The first-order chi connectivity index (χ1) is 14.9. The zero-order valence-corrected chi connectivity index (χ0v) is 19.2. The normalized spacial score (nSPS) is 12.1. The second kappa shape index (κ2) is 8.91. The number of aromatic nitrogens is 1. The molecule has 4 rings (SSSR count). The smallest absolute Gasteiger partial charge is 0.262 e. The van der Waals surface area contributed by atoms with Crippen molar-refractivity contribution in [2.75, 3.05) is 24.4 Å². The molecule has 0 aliphatic rings. The number of nitrogens with zero attached hydrogens (tertiary/aromatic N) is 1. The molecule has 0 spiro atoms. The van der Waals surface area contributed by atoms with Gasteiger partial charge >= 0.3 is 0 Å². The molecule has 1 aromatic heterocycles. The Hall–Kier alpha value is -2.54. The van der Waals surface area contributed by atoms with Crippen LogP contribution in [0.25, 0.3) is 21.7 Å². The van der Waals surface area contributed by atoms with Crippen LogP contribution in [0, 0.1) is 0 Å². The zero-order valence-electron chi connectivity index (χ0n) is 17.7. The molecule has 0 amide bonds. The number of anilines is 1. The van der Waals surface area contributed by atoms with Gasteiger partial charge in [0.1, 0.15) is 0 Å². The predicted octanol–water partition coefficient (Wildman–Crippen LogP) is 5.66. The number of benzene rings is 3. The molecule has 0 fully saturated rings. The van der Waals surface area contributed by atoms with Gasteiger partial charge in [-0.25, -0.2) is 8.42 Å². The number of sulfonamides is 1. The molecule has 0 aliphatic carbocycles. The Labute approximate surface area is 188 Å². The van der Waals surface area contributed by atoms with Crippen molar-refractivity contribution in [1.29, 1.82) is 0 Å². The molecule has 0 radical (unpaired) electrons. The topological polar surface area (TPSA) is 65.2 Å². The van der Waals surface area contributed by atoms with Gasteiger partial charge in [-0.1, -0.05) is 49.7 Å². The number of nitrogens with one attached hydrogen (secondary N) is 2. The second-order valence-electron chi connectivity index (χ2n) is 7.55. The van der Waals surface area contributed by atoms with E-state index in [-0.39, 0.29) is 4.90 Å². The zero-order chi connectivity index (χ0) is 22.0. The van der Waals surface area contributed by atoms with Crippen LogP contribution < -0.4 is 4.72 Å². The lowest BCUT2D eigenvalue weighted by Crippen LogP contribution is -2.25. The molecule has 2 N–H and O–H groups in total. The fourth-order valence-corrected chi connectivity index (χ4v) is 5.46. The summed E-state index contributed by atoms with van der Waals surface area (Å²) in [6, 6.07) is 16.0. The fourth-order valence-electron chi connectivity index (χ4n) is 3.95. The molecule has 0 bridgehead atoms. The van der Waals surface area contributed by atoms with Crippen LogP contribution in [0.15, 0.2) is 65.7 Å². The maximum Gasteiger partial charge on any atom is 0.262 e. The van der Waals surface area contributed by atoms with Crippen LogP contribution in [-0.4, -0.2) is 37.9 Å². The lowest BCUT2D eigenvalue weighted by Gasteiger charge is -2.17. The van der Waals surface area contributed by atoms with Crippen LogP contribution in [0.5, 0.6) is 0 Å². The summed E-state index contributed by atoms with van der Waals surface area (Å²) in [5.41, 5.74) is 2.71. The maximum atomic E-state index is 13.2. The minimum absolute atomic E-state index is 0.212. The van der Waals surface area contributed by atoms with Crippen molar-refractivity contribution in [3.05, 3.63) is 71.4 Å². The van der Waals surface area contributed by atoms with Gasteiger partial charge < -0.3 is 9.88 Å². The summed E-state index contributed by atoms with van der Waals surface area (Å²) in [6.45, 7) is 7.31. The Bertz CT molecular complexity index is 1330. The molecule has 31 heavy (non-hydrogen) atoms. The Morgan fingerprint density at radius 1 is 0.968 bits per heavy atom. The summed E-state index contributed by atoms with van der Waals surface area (Å²) >= 11 is 6.26. The summed E-state index contributed by atoms with van der Waals surface area (Å²) in [4.78, 5) is 5.87. The molecule has 0 aliphatic heterocycles. The molecule has 4 aromatic rings. The predicted molar refractivity (Wildman–Crippen MR) is 130 cm³/mol. The maximum absolute atomic E-state index is 13.2. The van der Waals surface area contributed by atoms with Gasteiger partial charge in [-0.2, -0.15) is 0 Å². The molecule has 1 heterocycles. The number of rotatable bonds is 8. The third kappa shape index (κ3) is 4.42. The molecule has 3 aromatic carbocycles. The van der Waals surface area contributed by atoms with Gasteiger partial charge in [-0.05, 0) is 55.4 Å². The second-order valence-corrected chi connectivity index (χ2v) is 9.61. The standard InChI is InChI=1S/C24H26ClN3O2S/c1-3-28(4-2)14-13-17-16-26-23-12-11-18(15-21(17)23)27-31(29,30)24-10-6-7-19-20(24)8-5-9-22(19)25/h5-12,15-16,26-27H,3-4,13-14H2,1-2H3. The molecule has 0 saturated heterocycles. The third-order valence-corrected chi connectivity index (χ3v) is 7.50. The molecule has 0 saturated carbocycles. The Kier molecular flexibility index (Phi) is 6.23. The van der Waals surface area contributed by atoms with Gasteiger partial charge in [0.2, 0.25) is 0 Å². The van der Waals surface area contributed by atoms with Gasteiger partial charge in [0, 0.05) is 45.1 Å². The highest BCUT2D eigenvalue weighted by atomic mass is 35.5. The number of aromatic amines is 1. The monoisotopic (exact) mass is 455 g/mol. The lowest BCUT2D eigenvalue weighted by molar-refractivity contribution is 0.308. The van der Waals surface area contributed by atoms with Crippen molar-refractivity contribution in [3.8, 4) is 0 Å². The Morgan fingerprint density at radius 3 is 2.48 bits per heavy atom. The number of hydrogen-bond donors (Lipinski definition) is 2. The van der Waals surface area contributed by atoms with Crippen LogP contribution >= 0.6 is 11.6 Å². The Balaban J connectivity index is 1.65. The van der Waals surface area contributed by atoms with E-state index in [9.17, 15) is 8.42 Å². The number of hydrogen-bond acceptors (Lipinski definition) is 3. The highest BCUT2D eigenvalue weighted by Gasteiger charge is 2.19. The quantitative estimate of drug-likeness (QED) is 0.360. The molecule has 7 heteroatoms. The minimum Gasteiger partial charge on any atom is -0.361 e. The summed E-state index contributed by atoms with van der Waals surface area (Å²) < 4.78 is 29.2. The van der Waals surface area contributed by atoms with Crippen molar-refractivity contribution >= 4 is 49.0 Å². The van der Waals surface area contributed by atoms with Crippen LogP contribution in [0.4, 0.5) is 5.69 Å². The van der Waals surface area contributed by atoms with Crippen molar-refractivity contribution < 1.29 is 8.42 Å². The van der Waals surface area contributed by atoms with Crippen molar-refractivity contribution in [1.82, 2.24) is 9.88 Å². The molecule has 0 atom stereocenters. The van der Waals surface area contributed by atoms with E-state index in [1.54, 1.807) is 36.4 Å². The minimum atomic E-state index is -3.78. The largest absolute Gasteiger partial charge is 0.361 e. The van der Waals surface area contributed by atoms with E-state index in [1.165, 1.54) is 5.56 Å². The molecule has 162 valence electrons. The number of halogens is 1. The first kappa shape index (κ1) is 21.7. The van der Waals surface area contributed by atoms with Crippen LogP contribution in [-0.2, 0) is 16.4 Å². The van der Waals surface area contributed by atoms with E-state index in [0.717, 1.165) is 37.0 Å². The first-order valence-electron chi connectivity index (χ1n) is 10.5. The summed E-state index contributed by atoms with van der Waals surface area (Å²) in [6.07, 6.45) is 2.92. The average Bonchev–Trinajstić information content (AvgIpc) is 3.16. The van der Waals surface area contributed by atoms with E-state index < -0.39 is 10.0 Å². The molecular weight excluding hydrogens is 430 g/mol. The van der Waals surface area contributed by atoms with Crippen molar-refractivity contribution in [3.63, 3.8) is 0 Å². The third-order valence-electron chi connectivity index (χ3n) is 5.73. The average molecular weight is 456 g/mol. The van der Waals surface area contributed by atoms with E-state index in [1.807, 2.05) is 24.4 Å². The number of likely N-dealkylation sites (N-methyl/N-ethyl adjacent to an activating group) is 1. The van der Waals surface area contributed by atoms with Crippen LogP contribution in [0.2, 0.25) is 5.02 Å².